The summed E-state index contributed by atoms with van der Waals surface area (Å²) in [6.45, 7) is 10.3. The molecular formula is C33H53NaO13S. The van der Waals surface area contributed by atoms with E-state index in [1.165, 1.54) is 0 Å². The summed E-state index contributed by atoms with van der Waals surface area (Å²) in [5.74, 6) is -2.39. The molecule has 270 valence electrons. The van der Waals surface area contributed by atoms with E-state index >= 15 is 0 Å². The van der Waals surface area contributed by atoms with Crippen molar-refractivity contribution in [3.63, 3.8) is 0 Å². The Kier molecular flexibility index (Phi) is 12.4. The fraction of sp³-hybridized carbons (Fsp3) is 0.909. The Balaban J connectivity index is 0.00000520. The van der Waals surface area contributed by atoms with Crippen LogP contribution in [0.2, 0.25) is 0 Å². The number of carbonyl (C=O) groups is 1. The van der Waals surface area contributed by atoms with E-state index in [0.29, 0.717) is 38.0 Å². The molecule has 0 spiro atoms. The van der Waals surface area contributed by atoms with Crippen molar-refractivity contribution in [2.24, 2.45) is 40.4 Å². The molecule has 0 bridgehead atoms. The Morgan fingerprint density at radius 3 is 2.38 bits per heavy atom. The maximum Gasteiger partial charge on any atom is 1.00 e. The van der Waals surface area contributed by atoms with Gasteiger partial charge < -0.3 is 44.9 Å². The predicted octanol–water partition coefficient (Wildman–Crippen LogP) is -2.14. The number of hydrogen-bond donors (Lipinski definition) is 6. The average Bonchev–Trinajstić information content (AvgIpc) is 3.23. The topological polar surface area (TPSA) is 223 Å². The Morgan fingerprint density at radius 2 is 1.77 bits per heavy atom. The number of hydrogen-bond acceptors (Lipinski definition) is 12. The number of allylic oxidation sites excluding steroid dienone is 2. The monoisotopic (exact) mass is 712 g/mol. The summed E-state index contributed by atoms with van der Waals surface area (Å²) in [6.07, 6.45) is -4.44. The smallest absolute Gasteiger partial charge is 0.547 e. The SMILES string of the molecule is CC(C)CCC[C@](C)(O)[C@H]1[C@@H](O)C[C@H]2[C@@H]3C[C@H](OS(=O)(=O)O)[C@H]4C[C@@H](O[C@@H]5O[C@H](C(=O)[O-])[C@@H](O)[C@H](O)[C@H]5O)CC[C@]4(C)C3=CC[C@@]21C.[Na+]. The molecule has 0 aromatic heterocycles. The van der Waals surface area contributed by atoms with Gasteiger partial charge in [-0.25, -0.2) is 4.18 Å². The fourth-order valence-corrected chi connectivity index (χ4v) is 10.9. The summed E-state index contributed by atoms with van der Waals surface area (Å²) in [5, 5.41) is 65.5. The zero-order chi connectivity index (χ0) is 34.9. The van der Waals surface area contributed by atoms with Crippen molar-refractivity contribution in [2.75, 3.05) is 0 Å². The molecule has 3 saturated carbocycles. The van der Waals surface area contributed by atoms with Crippen LogP contribution in [0.4, 0.5) is 0 Å². The van der Waals surface area contributed by atoms with Crippen molar-refractivity contribution in [1.82, 2.24) is 0 Å². The first-order chi connectivity index (χ1) is 21.7. The van der Waals surface area contributed by atoms with Crippen LogP contribution in [0.3, 0.4) is 0 Å². The number of fused-ring (bicyclic) bond motifs is 5. The van der Waals surface area contributed by atoms with E-state index in [2.05, 4.69) is 26.8 Å². The molecule has 4 aliphatic carbocycles. The second-order valence-electron chi connectivity index (χ2n) is 16.1. The second kappa shape index (κ2) is 14.7. The molecule has 4 fully saturated rings. The molecule has 0 aromatic rings. The first-order valence-corrected chi connectivity index (χ1v) is 18.4. The summed E-state index contributed by atoms with van der Waals surface area (Å²) in [5.41, 5.74) is -1.02. The van der Waals surface area contributed by atoms with Crippen LogP contribution in [0.15, 0.2) is 11.6 Å². The van der Waals surface area contributed by atoms with Gasteiger partial charge in [0.25, 0.3) is 0 Å². The molecule has 6 N–H and O–H groups in total. The number of rotatable bonds is 10. The van der Waals surface area contributed by atoms with Crippen molar-refractivity contribution in [1.29, 1.82) is 0 Å². The Hall–Kier alpha value is -0.200. The van der Waals surface area contributed by atoms with E-state index in [4.69, 9.17) is 13.7 Å². The van der Waals surface area contributed by atoms with E-state index < -0.39 is 87.7 Å². The molecule has 1 heterocycles. The number of ether oxygens (including phenoxy) is 2. The molecular weight excluding hydrogens is 659 g/mol. The Morgan fingerprint density at radius 1 is 1.10 bits per heavy atom. The summed E-state index contributed by atoms with van der Waals surface area (Å²) >= 11 is 0. The molecule has 0 aromatic carbocycles. The molecule has 15 atom stereocenters. The van der Waals surface area contributed by atoms with Gasteiger partial charge >= 0.3 is 40.0 Å². The number of aliphatic hydroxyl groups is 5. The summed E-state index contributed by atoms with van der Waals surface area (Å²) in [4.78, 5) is 11.5. The number of carbonyl (C=O) groups excluding carboxylic acids is 1. The number of aliphatic carboxylic acids is 1. The van der Waals surface area contributed by atoms with Gasteiger partial charge in [-0.15, -0.1) is 0 Å². The first-order valence-electron chi connectivity index (χ1n) is 17.0. The van der Waals surface area contributed by atoms with Crippen LogP contribution >= 0.6 is 0 Å². The van der Waals surface area contributed by atoms with Gasteiger partial charge in [0.15, 0.2) is 6.29 Å². The standard InChI is InChI=1S/C33H54O13S.Na/c1-16(2)7-6-10-33(5,40)28-22(34)15-20-18-14-23(46-47(41,42)43)21-13-17(8-11-31(21,3)19(18)9-12-32(20,28)4)44-30-26(37)24(35)25(36)27(45-30)29(38)39;/h9,16-18,20-28,30,34-37,40H,6-8,10-15H2,1-5H3,(H,38,39)(H,41,42,43);/q;+1/p-1/t17-,18+,20-,21+,22-,23-,24-,25-,26+,27-,28-,30+,31+,32-,33-;/m0./s1. The summed E-state index contributed by atoms with van der Waals surface area (Å²) in [7, 11) is -4.87. The average molecular weight is 713 g/mol. The van der Waals surface area contributed by atoms with E-state index in [9.17, 15) is 48.4 Å². The van der Waals surface area contributed by atoms with Crippen LogP contribution in [0.1, 0.15) is 92.4 Å². The first kappa shape index (κ1) is 40.6. The minimum atomic E-state index is -4.87. The molecule has 1 saturated heterocycles. The van der Waals surface area contributed by atoms with Gasteiger partial charge in [-0.1, -0.05) is 52.2 Å². The van der Waals surface area contributed by atoms with Crippen LogP contribution in [0.5, 0.6) is 0 Å². The minimum absolute atomic E-state index is 0. The van der Waals surface area contributed by atoms with Crippen LogP contribution < -0.4 is 34.7 Å². The molecule has 0 unspecified atom stereocenters. The Labute approximate surface area is 305 Å². The van der Waals surface area contributed by atoms with Crippen LogP contribution in [0, 0.1) is 40.4 Å². The Bertz CT molecular complexity index is 1310. The van der Waals surface area contributed by atoms with E-state index in [-0.39, 0.29) is 60.2 Å². The zero-order valence-electron chi connectivity index (χ0n) is 28.9. The van der Waals surface area contributed by atoms with Gasteiger partial charge in [-0.3, -0.25) is 4.55 Å². The molecule has 0 radical (unpaired) electrons. The number of carboxylic acid groups (broad SMARTS) is 1. The summed E-state index contributed by atoms with van der Waals surface area (Å²) < 4.78 is 50.8. The molecule has 5 aliphatic rings. The zero-order valence-corrected chi connectivity index (χ0v) is 31.7. The molecule has 1 aliphatic heterocycles. The third kappa shape index (κ3) is 7.62. The van der Waals surface area contributed by atoms with Crippen LogP contribution in [0.25, 0.3) is 0 Å². The van der Waals surface area contributed by atoms with Crippen molar-refractivity contribution < 1.29 is 91.6 Å². The second-order valence-corrected chi connectivity index (χ2v) is 17.1. The number of aliphatic hydroxyl groups excluding tert-OH is 4. The van der Waals surface area contributed by atoms with Gasteiger partial charge in [0.05, 0.1) is 29.9 Å². The molecule has 0 amide bonds. The van der Waals surface area contributed by atoms with E-state index in [1.54, 1.807) is 0 Å². The van der Waals surface area contributed by atoms with Crippen molar-refractivity contribution in [2.45, 2.75) is 147 Å². The largest absolute Gasteiger partial charge is 1.00 e. The van der Waals surface area contributed by atoms with Gasteiger partial charge in [-0.05, 0) is 86.4 Å². The van der Waals surface area contributed by atoms with Crippen molar-refractivity contribution in [3.05, 3.63) is 11.6 Å². The maximum atomic E-state index is 12.2. The molecule has 13 nitrogen and oxygen atoms in total. The van der Waals surface area contributed by atoms with Crippen molar-refractivity contribution >= 4 is 16.4 Å². The van der Waals surface area contributed by atoms with E-state index in [1.807, 2.05) is 13.8 Å². The van der Waals surface area contributed by atoms with Gasteiger partial charge in [-0.2, -0.15) is 8.42 Å². The normalized spacial score (nSPS) is 45.6. The number of carboxylic acids is 1. The van der Waals surface area contributed by atoms with Gasteiger partial charge in [0.1, 0.15) is 24.4 Å². The van der Waals surface area contributed by atoms with Gasteiger partial charge in [0.2, 0.25) is 0 Å². The van der Waals surface area contributed by atoms with Crippen LogP contribution in [-0.2, 0) is 28.9 Å². The van der Waals surface area contributed by atoms with Gasteiger partial charge in [0, 0.05) is 5.92 Å². The molecule has 48 heavy (non-hydrogen) atoms. The third-order valence-electron chi connectivity index (χ3n) is 12.5. The quantitative estimate of drug-likeness (QED) is 0.0617. The maximum absolute atomic E-state index is 12.2. The van der Waals surface area contributed by atoms with E-state index in [0.717, 1.165) is 18.4 Å². The minimum Gasteiger partial charge on any atom is -0.547 e. The van der Waals surface area contributed by atoms with Crippen LogP contribution in [-0.4, -0.2) is 99.1 Å². The predicted molar refractivity (Wildman–Crippen MR) is 164 cm³/mol. The summed E-state index contributed by atoms with van der Waals surface area (Å²) in [6, 6.07) is 0. The fourth-order valence-electron chi connectivity index (χ4n) is 10.4. The molecule has 15 heteroatoms. The van der Waals surface area contributed by atoms with Crippen molar-refractivity contribution in [3.8, 4) is 0 Å². The third-order valence-corrected chi connectivity index (χ3v) is 13.0. The molecule has 5 rings (SSSR count).